The minimum absolute atomic E-state index is 0.526. The van der Waals surface area contributed by atoms with Gasteiger partial charge in [0.15, 0.2) is 0 Å². The van der Waals surface area contributed by atoms with Gasteiger partial charge in [-0.2, -0.15) is 0 Å². The van der Waals surface area contributed by atoms with E-state index in [2.05, 4.69) is 116 Å². The summed E-state index contributed by atoms with van der Waals surface area (Å²) in [4.78, 5) is 0. The lowest BCUT2D eigenvalue weighted by Crippen LogP contribution is -2.27. The van der Waals surface area contributed by atoms with Crippen LogP contribution in [0.5, 0.6) is 0 Å². The average Bonchev–Trinajstić information content (AvgIpc) is 2.89. The van der Waals surface area contributed by atoms with Gasteiger partial charge in [-0.15, -0.1) is 0 Å². The molecule has 0 N–H and O–H groups in total. The summed E-state index contributed by atoms with van der Waals surface area (Å²) in [7, 11) is -0.535. The van der Waals surface area contributed by atoms with Crippen LogP contribution in [0.15, 0.2) is 29.0 Å². The van der Waals surface area contributed by atoms with Crippen molar-refractivity contribution < 1.29 is 0 Å². The second-order valence-electron chi connectivity index (χ2n) is 10.3. The highest BCUT2D eigenvalue weighted by molar-refractivity contribution is 7.57. The molecule has 1 heterocycles. The predicted molar refractivity (Wildman–Crippen MR) is 146 cm³/mol. The second-order valence-corrected chi connectivity index (χ2v) is 13.3. The van der Waals surface area contributed by atoms with E-state index in [0.29, 0.717) is 11.3 Å². The van der Waals surface area contributed by atoms with Crippen molar-refractivity contribution in [2.75, 3.05) is 0 Å². The van der Waals surface area contributed by atoms with Crippen molar-refractivity contribution in [3.63, 3.8) is 0 Å². The van der Waals surface area contributed by atoms with Gasteiger partial charge in [0, 0.05) is 19.5 Å². The van der Waals surface area contributed by atoms with Crippen molar-refractivity contribution in [2.45, 2.75) is 94.4 Å². The van der Waals surface area contributed by atoms with E-state index in [1.807, 2.05) is 0 Å². The predicted octanol–water partition coefficient (Wildman–Crippen LogP) is 7.85. The van der Waals surface area contributed by atoms with E-state index in [-0.39, 0.29) is 0 Å². The van der Waals surface area contributed by atoms with Gasteiger partial charge in [0.25, 0.3) is 0 Å². The SMILES string of the molecule is Cc1cc(C)c(-n2c(C)c(C)n(-c3c(C)cc(C)cc3C)c2=NP(C(C)C)C(C)C)c(C)c1. The summed E-state index contributed by atoms with van der Waals surface area (Å²) in [5, 5.41) is 0. The molecular weight excluding hydrogens is 421 g/mol. The summed E-state index contributed by atoms with van der Waals surface area (Å²) in [6.45, 7) is 27.0. The zero-order valence-corrected chi connectivity index (χ0v) is 23.6. The molecule has 0 aliphatic heterocycles. The van der Waals surface area contributed by atoms with Crippen LogP contribution < -0.4 is 5.62 Å². The monoisotopic (exact) mass is 463 g/mol. The molecule has 2 aromatic carbocycles. The molecule has 1 aromatic heterocycles. The first-order valence-electron chi connectivity index (χ1n) is 12.2. The highest BCUT2D eigenvalue weighted by Crippen LogP contribution is 2.47. The van der Waals surface area contributed by atoms with Gasteiger partial charge in [-0.1, -0.05) is 63.1 Å². The molecule has 0 saturated heterocycles. The maximum absolute atomic E-state index is 5.59. The van der Waals surface area contributed by atoms with Crippen LogP contribution in [-0.4, -0.2) is 20.5 Å². The van der Waals surface area contributed by atoms with Crippen molar-refractivity contribution in [2.24, 2.45) is 4.76 Å². The molecule has 3 nitrogen and oxygen atoms in total. The number of rotatable bonds is 5. The average molecular weight is 464 g/mol. The van der Waals surface area contributed by atoms with Gasteiger partial charge in [-0.25, -0.2) is 4.76 Å². The molecule has 3 aromatic rings. The molecule has 33 heavy (non-hydrogen) atoms. The van der Waals surface area contributed by atoms with E-state index in [4.69, 9.17) is 4.76 Å². The number of aromatic nitrogens is 2. The van der Waals surface area contributed by atoms with Crippen LogP contribution in [0.4, 0.5) is 0 Å². The molecular formula is C29H42N3P. The fourth-order valence-electron chi connectivity index (χ4n) is 5.33. The van der Waals surface area contributed by atoms with Crippen molar-refractivity contribution >= 4 is 8.07 Å². The fourth-order valence-corrected chi connectivity index (χ4v) is 7.37. The van der Waals surface area contributed by atoms with Crippen LogP contribution >= 0.6 is 8.07 Å². The number of benzene rings is 2. The molecule has 0 atom stereocenters. The summed E-state index contributed by atoms with van der Waals surface area (Å²) < 4.78 is 10.4. The third-order valence-electron chi connectivity index (χ3n) is 6.58. The van der Waals surface area contributed by atoms with Crippen molar-refractivity contribution in [1.29, 1.82) is 0 Å². The van der Waals surface area contributed by atoms with Crippen LogP contribution in [0, 0.1) is 55.4 Å². The van der Waals surface area contributed by atoms with Gasteiger partial charge in [0.05, 0.1) is 11.4 Å². The summed E-state index contributed by atoms with van der Waals surface area (Å²) in [5.41, 5.74) is 14.9. The fraction of sp³-hybridized carbons (Fsp3) is 0.483. The highest BCUT2D eigenvalue weighted by Gasteiger charge is 2.23. The first kappa shape index (κ1) is 25.5. The third kappa shape index (κ3) is 4.76. The molecule has 0 amide bonds. The Labute approximate surface area is 202 Å². The van der Waals surface area contributed by atoms with Crippen LogP contribution in [0.1, 0.15) is 72.5 Å². The summed E-state index contributed by atoms with van der Waals surface area (Å²) in [5.74, 6) is 0. The van der Waals surface area contributed by atoms with Crippen molar-refractivity contribution in [3.05, 3.63) is 74.7 Å². The smallest absolute Gasteiger partial charge is 0.218 e. The zero-order valence-electron chi connectivity index (χ0n) is 22.8. The number of nitrogens with zero attached hydrogens (tertiary/aromatic N) is 3. The molecule has 0 aliphatic rings. The Morgan fingerprint density at radius 3 is 1.15 bits per heavy atom. The van der Waals surface area contributed by atoms with E-state index < -0.39 is 8.07 Å². The van der Waals surface area contributed by atoms with Crippen molar-refractivity contribution in [1.82, 2.24) is 9.13 Å². The van der Waals surface area contributed by atoms with E-state index in [1.54, 1.807) is 0 Å². The van der Waals surface area contributed by atoms with Crippen molar-refractivity contribution in [3.8, 4) is 11.4 Å². The summed E-state index contributed by atoms with van der Waals surface area (Å²) in [6.07, 6.45) is 0. The quantitative estimate of drug-likeness (QED) is 0.344. The number of imidazole rings is 1. The lowest BCUT2D eigenvalue weighted by atomic mass is 10.0. The Morgan fingerprint density at radius 2 is 0.879 bits per heavy atom. The Bertz CT molecular complexity index is 1120. The number of hydrogen-bond donors (Lipinski definition) is 0. The van der Waals surface area contributed by atoms with Crippen LogP contribution in [0.3, 0.4) is 0 Å². The number of aryl methyl sites for hydroxylation is 6. The zero-order chi connectivity index (χ0) is 24.8. The van der Waals surface area contributed by atoms with Crippen LogP contribution in [-0.2, 0) is 0 Å². The summed E-state index contributed by atoms with van der Waals surface area (Å²) in [6, 6.07) is 9.17. The molecule has 0 spiro atoms. The van der Waals surface area contributed by atoms with Gasteiger partial charge < -0.3 is 0 Å². The van der Waals surface area contributed by atoms with E-state index in [9.17, 15) is 0 Å². The standard InChI is InChI=1S/C29H42N3P/c1-17(2)33(18(3)4)30-29-31(27-21(7)13-19(5)14-22(27)8)25(11)26(12)32(29)28-23(9)15-20(6)16-24(28)10/h13-18H,1-12H3. The van der Waals surface area contributed by atoms with Gasteiger partial charge in [0.1, 0.15) is 0 Å². The Kier molecular flexibility index (Phi) is 7.44. The topological polar surface area (TPSA) is 22.2 Å². The molecule has 3 rings (SSSR count). The molecule has 0 radical (unpaired) electrons. The normalized spacial score (nSPS) is 11.8. The van der Waals surface area contributed by atoms with Gasteiger partial charge in [-0.05, 0) is 89.0 Å². The number of hydrogen-bond acceptors (Lipinski definition) is 1. The van der Waals surface area contributed by atoms with Crippen LogP contribution in [0.25, 0.3) is 11.4 Å². The second kappa shape index (κ2) is 9.63. The molecule has 0 unspecified atom stereocenters. The van der Waals surface area contributed by atoms with Crippen LogP contribution in [0.2, 0.25) is 0 Å². The Balaban J connectivity index is 2.57. The first-order valence-corrected chi connectivity index (χ1v) is 13.6. The van der Waals surface area contributed by atoms with Gasteiger partial charge >= 0.3 is 0 Å². The lowest BCUT2D eigenvalue weighted by molar-refractivity contribution is 0.836. The van der Waals surface area contributed by atoms with E-state index in [1.165, 1.54) is 56.1 Å². The summed E-state index contributed by atoms with van der Waals surface area (Å²) >= 11 is 0. The largest absolute Gasteiger partial charge is 0.282 e. The molecule has 178 valence electrons. The highest BCUT2D eigenvalue weighted by atomic mass is 31.1. The Morgan fingerprint density at radius 1 is 0.576 bits per heavy atom. The lowest BCUT2D eigenvalue weighted by Gasteiger charge is -2.22. The maximum atomic E-state index is 5.59. The van der Waals surface area contributed by atoms with E-state index >= 15 is 0 Å². The maximum Gasteiger partial charge on any atom is 0.218 e. The molecule has 4 heteroatoms. The molecule has 0 saturated carbocycles. The Hall–Kier alpha value is -2.12. The van der Waals surface area contributed by atoms with Gasteiger partial charge in [-0.3, -0.25) is 9.13 Å². The molecule has 0 fully saturated rings. The minimum Gasteiger partial charge on any atom is -0.282 e. The molecule has 0 bridgehead atoms. The first-order chi connectivity index (χ1) is 15.3. The van der Waals surface area contributed by atoms with Gasteiger partial charge in [0.2, 0.25) is 5.62 Å². The minimum atomic E-state index is -0.535. The van der Waals surface area contributed by atoms with E-state index in [0.717, 1.165) is 5.62 Å². The third-order valence-corrected chi connectivity index (χ3v) is 9.10. The molecule has 0 aliphatic carbocycles.